The van der Waals surface area contributed by atoms with Gasteiger partial charge in [-0.05, 0) is 25.0 Å². The molecule has 5 nitrogen and oxygen atoms in total. The summed E-state index contributed by atoms with van der Waals surface area (Å²) in [5, 5.41) is 4.44. The number of nitrogens with zero attached hydrogens (tertiary/aromatic N) is 3. The van der Waals surface area contributed by atoms with Crippen molar-refractivity contribution in [3.63, 3.8) is 0 Å². The van der Waals surface area contributed by atoms with Crippen LogP contribution in [0.1, 0.15) is 24.6 Å². The summed E-state index contributed by atoms with van der Waals surface area (Å²) in [7, 11) is 0. The molecule has 0 aromatic carbocycles. The van der Waals surface area contributed by atoms with Crippen molar-refractivity contribution < 1.29 is 4.74 Å². The zero-order valence-corrected chi connectivity index (χ0v) is 8.97. The van der Waals surface area contributed by atoms with Gasteiger partial charge < -0.3 is 10.5 Å². The maximum atomic E-state index is 5.84. The van der Waals surface area contributed by atoms with Crippen LogP contribution in [-0.2, 0) is 4.74 Å². The van der Waals surface area contributed by atoms with Gasteiger partial charge in [0.1, 0.15) is 0 Å². The van der Waals surface area contributed by atoms with Crippen LogP contribution in [0.5, 0.6) is 0 Å². The average Bonchev–Trinajstić information content (AvgIpc) is 2.76. The van der Waals surface area contributed by atoms with Gasteiger partial charge in [0.2, 0.25) is 0 Å². The van der Waals surface area contributed by atoms with E-state index in [1.165, 1.54) is 0 Å². The van der Waals surface area contributed by atoms with Crippen LogP contribution < -0.4 is 5.73 Å². The fourth-order valence-corrected chi connectivity index (χ4v) is 2.06. The lowest BCUT2D eigenvalue weighted by atomic mass is 10.0. The number of ether oxygens (including phenoxy) is 1. The number of nitrogens with two attached hydrogens (primary N) is 1. The number of fused-ring (bicyclic) bond motifs is 1. The van der Waals surface area contributed by atoms with E-state index in [1.807, 2.05) is 18.3 Å². The lowest BCUT2D eigenvalue weighted by molar-refractivity contribution is 0.0781. The number of pyridine rings is 1. The van der Waals surface area contributed by atoms with Gasteiger partial charge in [-0.3, -0.25) is 0 Å². The first-order valence-corrected chi connectivity index (χ1v) is 5.53. The Morgan fingerprint density at radius 2 is 2.44 bits per heavy atom. The summed E-state index contributed by atoms with van der Waals surface area (Å²) in [5.74, 6) is 1.16. The minimum atomic E-state index is 0.313. The monoisotopic (exact) mass is 218 g/mol. The molecule has 0 aliphatic carbocycles. The lowest BCUT2D eigenvalue weighted by Gasteiger charge is -2.18. The highest BCUT2D eigenvalue weighted by Crippen LogP contribution is 2.23. The fourth-order valence-electron chi connectivity index (χ4n) is 2.06. The lowest BCUT2D eigenvalue weighted by Crippen LogP contribution is -2.16. The third-order valence-electron chi connectivity index (χ3n) is 2.93. The van der Waals surface area contributed by atoms with Crippen molar-refractivity contribution in [2.45, 2.75) is 18.8 Å². The highest BCUT2D eigenvalue weighted by atomic mass is 16.5. The molecule has 2 aromatic heterocycles. The number of aromatic nitrogens is 3. The van der Waals surface area contributed by atoms with E-state index in [0.29, 0.717) is 11.6 Å². The van der Waals surface area contributed by atoms with Crippen LogP contribution in [0.2, 0.25) is 0 Å². The molecule has 16 heavy (non-hydrogen) atoms. The van der Waals surface area contributed by atoms with Crippen molar-refractivity contribution in [2.24, 2.45) is 0 Å². The fraction of sp³-hybridized carbons (Fsp3) is 0.455. The highest BCUT2D eigenvalue weighted by molar-refractivity contribution is 5.63. The molecule has 1 aliphatic rings. The molecule has 0 spiro atoms. The van der Waals surface area contributed by atoms with E-state index in [0.717, 1.165) is 37.5 Å². The van der Waals surface area contributed by atoms with Crippen LogP contribution in [0.3, 0.4) is 0 Å². The summed E-state index contributed by atoms with van der Waals surface area (Å²) in [6, 6.07) is 3.71. The summed E-state index contributed by atoms with van der Waals surface area (Å²) >= 11 is 0. The molecule has 1 atom stereocenters. The molecule has 1 fully saturated rings. The normalized spacial score (nSPS) is 21.4. The maximum absolute atomic E-state index is 5.84. The SMILES string of the molecule is Nc1cccn2nc(C3CCCOC3)nc12. The van der Waals surface area contributed by atoms with Gasteiger partial charge in [0.15, 0.2) is 11.5 Å². The molecule has 84 valence electrons. The molecule has 0 saturated carbocycles. The second-order valence-corrected chi connectivity index (χ2v) is 4.12. The standard InChI is InChI=1S/C11H14N4O/c12-9-4-1-5-15-11(9)13-10(14-15)8-3-2-6-16-7-8/h1,4-5,8H,2-3,6-7,12H2. The summed E-state index contributed by atoms with van der Waals surface area (Å²) < 4.78 is 7.18. The molecule has 2 aromatic rings. The van der Waals surface area contributed by atoms with Gasteiger partial charge in [0, 0.05) is 18.7 Å². The predicted molar refractivity (Wildman–Crippen MR) is 60.2 cm³/mol. The van der Waals surface area contributed by atoms with Gasteiger partial charge in [-0.25, -0.2) is 9.50 Å². The second kappa shape index (κ2) is 3.75. The first kappa shape index (κ1) is 9.59. The third kappa shape index (κ3) is 1.53. The van der Waals surface area contributed by atoms with Crippen LogP contribution in [0, 0.1) is 0 Å². The van der Waals surface area contributed by atoms with Crippen molar-refractivity contribution in [1.82, 2.24) is 14.6 Å². The molecule has 1 aliphatic heterocycles. The van der Waals surface area contributed by atoms with Gasteiger partial charge in [-0.2, -0.15) is 5.10 Å². The zero-order valence-electron chi connectivity index (χ0n) is 8.97. The van der Waals surface area contributed by atoms with Gasteiger partial charge >= 0.3 is 0 Å². The third-order valence-corrected chi connectivity index (χ3v) is 2.93. The van der Waals surface area contributed by atoms with Crippen LogP contribution >= 0.6 is 0 Å². The summed E-state index contributed by atoms with van der Waals surface area (Å²) in [6.07, 6.45) is 4.04. The number of anilines is 1. The van der Waals surface area contributed by atoms with Crippen molar-refractivity contribution in [3.05, 3.63) is 24.2 Å². The Balaban J connectivity index is 2.01. The van der Waals surface area contributed by atoms with E-state index in [2.05, 4.69) is 10.1 Å². The molecule has 0 radical (unpaired) electrons. The average molecular weight is 218 g/mol. The summed E-state index contributed by atoms with van der Waals surface area (Å²) in [4.78, 5) is 4.48. The highest BCUT2D eigenvalue weighted by Gasteiger charge is 2.20. The first-order valence-electron chi connectivity index (χ1n) is 5.53. The molecule has 0 bridgehead atoms. The molecule has 0 amide bonds. The zero-order chi connectivity index (χ0) is 11.0. The van der Waals surface area contributed by atoms with Crippen molar-refractivity contribution in [3.8, 4) is 0 Å². The molecule has 3 rings (SSSR count). The van der Waals surface area contributed by atoms with Gasteiger partial charge in [-0.1, -0.05) is 0 Å². The van der Waals surface area contributed by atoms with E-state index in [9.17, 15) is 0 Å². The molecule has 2 N–H and O–H groups in total. The molecule has 3 heterocycles. The topological polar surface area (TPSA) is 65.4 Å². The number of nitrogen functional groups attached to an aromatic ring is 1. The Morgan fingerprint density at radius 3 is 3.19 bits per heavy atom. The molecular weight excluding hydrogens is 204 g/mol. The van der Waals surface area contributed by atoms with Gasteiger partial charge in [0.05, 0.1) is 12.3 Å². The van der Waals surface area contributed by atoms with E-state index >= 15 is 0 Å². The molecule has 5 heteroatoms. The maximum Gasteiger partial charge on any atom is 0.178 e. The second-order valence-electron chi connectivity index (χ2n) is 4.12. The minimum absolute atomic E-state index is 0.313. The number of hydrogen-bond donors (Lipinski definition) is 1. The number of rotatable bonds is 1. The van der Waals surface area contributed by atoms with Crippen molar-refractivity contribution >= 4 is 11.3 Å². The Bertz CT molecular complexity index is 502. The Kier molecular flexibility index (Phi) is 2.25. The van der Waals surface area contributed by atoms with Crippen molar-refractivity contribution in [1.29, 1.82) is 0 Å². The van der Waals surface area contributed by atoms with E-state index in [1.54, 1.807) is 4.52 Å². The van der Waals surface area contributed by atoms with E-state index in [4.69, 9.17) is 10.5 Å². The van der Waals surface area contributed by atoms with Gasteiger partial charge in [0.25, 0.3) is 0 Å². The van der Waals surface area contributed by atoms with E-state index in [-0.39, 0.29) is 0 Å². The molecule has 1 unspecified atom stereocenters. The van der Waals surface area contributed by atoms with Gasteiger partial charge in [-0.15, -0.1) is 0 Å². The number of hydrogen-bond acceptors (Lipinski definition) is 4. The Morgan fingerprint density at radius 1 is 1.50 bits per heavy atom. The summed E-state index contributed by atoms with van der Waals surface area (Å²) in [6.45, 7) is 1.57. The first-order chi connectivity index (χ1) is 7.84. The van der Waals surface area contributed by atoms with E-state index < -0.39 is 0 Å². The summed E-state index contributed by atoms with van der Waals surface area (Å²) in [5.41, 5.74) is 7.25. The smallest absolute Gasteiger partial charge is 0.178 e. The Labute approximate surface area is 93.2 Å². The largest absolute Gasteiger partial charge is 0.396 e. The predicted octanol–water partition coefficient (Wildman–Crippen LogP) is 1.21. The van der Waals surface area contributed by atoms with Crippen molar-refractivity contribution in [2.75, 3.05) is 18.9 Å². The quantitative estimate of drug-likeness (QED) is 0.781. The van der Waals surface area contributed by atoms with Crippen LogP contribution in [0.15, 0.2) is 18.3 Å². The van der Waals surface area contributed by atoms with Crippen LogP contribution in [0.25, 0.3) is 5.65 Å². The molecule has 1 saturated heterocycles. The Hall–Kier alpha value is -1.62. The minimum Gasteiger partial charge on any atom is -0.396 e. The molecular formula is C11H14N4O. The van der Waals surface area contributed by atoms with Crippen LogP contribution in [-0.4, -0.2) is 27.8 Å². The van der Waals surface area contributed by atoms with Crippen LogP contribution in [0.4, 0.5) is 5.69 Å².